The predicted molar refractivity (Wildman–Crippen MR) is 73.8 cm³/mol. The van der Waals surface area contributed by atoms with Crippen LogP contribution in [0.5, 0.6) is 11.5 Å². The fourth-order valence-electron chi connectivity index (χ4n) is 1.36. The third kappa shape index (κ3) is 5.25. The SMILES string of the molecule is COCCOCCOc1cc(OC)ccc1CBr. The second-order valence-corrected chi connectivity index (χ2v) is 4.12. The molecule has 102 valence electrons. The van der Waals surface area contributed by atoms with Crippen molar-refractivity contribution >= 4 is 15.9 Å². The fraction of sp³-hybridized carbons (Fsp3) is 0.538. The summed E-state index contributed by atoms with van der Waals surface area (Å²) in [4.78, 5) is 0. The molecule has 0 amide bonds. The number of halogens is 1. The van der Waals surface area contributed by atoms with Crippen molar-refractivity contribution in [1.29, 1.82) is 0 Å². The van der Waals surface area contributed by atoms with Gasteiger partial charge in [0.15, 0.2) is 0 Å². The molecule has 0 fully saturated rings. The highest BCUT2D eigenvalue weighted by Crippen LogP contribution is 2.26. The van der Waals surface area contributed by atoms with Crippen molar-refractivity contribution in [2.75, 3.05) is 40.6 Å². The van der Waals surface area contributed by atoms with E-state index in [1.807, 2.05) is 18.2 Å². The zero-order valence-electron chi connectivity index (χ0n) is 10.8. The number of alkyl halides is 1. The highest BCUT2D eigenvalue weighted by Gasteiger charge is 2.04. The average Bonchev–Trinajstić information content (AvgIpc) is 2.42. The quantitative estimate of drug-likeness (QED) is 0.518. The van der Waals surface area contributed by atoms with E-state index in [1.165, 1.54) is 0 Å². The van der Waals surface area contributed by atoms with E-state index in [-0.39, 0.29) is 0 Å². The molecule has 1 rings (SSSR count). The van der Waals surface area contributed by atoms with Crippen LogP contribution in [0.15, 0.2) is 18.2 Å². The van der Waals surface area contributed by atoms with E-state index in [0.29, 0.717) is 26.4 Å². The van der Waals surface area contributed by atoms with E-state index in [1.54, 1.807) is 14.2 Å². The second kappa shape index (κ2) is 9.19. The lowest BCUT2D eigenvalue weighted by Crippen LogP contribution is -2.10. The molecule has 0 atom stereocenters. The van der Waals surface area contributed by atoms with Gasteiger partial charge in [0.25, 0.3) is 0 Å². The lowest BCUT2D eigenvalue weighted by atomic mass is 10.2. The van der Waals surface area contributed by atoms with Gasteiger partial charge in [-0.05, 0) is 6.07 Å². The summed E-state index contributed by atoms with van der Waals surface area (Å²) in [5, 5.41) is 0.747. The van der Waals surface area contributed by atoms with Gasteiger partial charge < -0.3 is 18.9 Å². The van der Waals surface area contributed by atoms with Gasteiger partial charge in [0.1, 0.15) is 18.1 Å². The molecule has 0 radical (unpaired) electrons. The van der Waals surface area contributed by atoms with Crippen molar-refractivity contribution in [3.63, 3.8) is 0 Å². The van der Waals surface area contributed by atoms with Crippen LogP contribution in [0.25, 0.3) is 0 Å². The smallest absolute Gasteiger partial charge is 0.127 e. The minimum atomic E-state index is 0.511. The normalized spacial score (nSPS) is 10.4. The maximum absolute atomic E-state index is 5.67. The van der Waals surface area contributed by atoms with Gasteiger partial charge in [-0.3, -0.25) is 0 Å². The van der Waals surface area contributed by atoms with Crippen molar-refractivity contribution in [3.8, 4) is 11.5 Å². The zero-order valence-corrected chi connectivity index (χ0v) is 12.4. The van der Waals surface area contributed by atoms with Crippen molar-refractivity contribution in [2.45, 2.75) is 5.33 Å². The number of ether oxygens (including phenoxy) is 4. The molecule has 0 aliphatic rings. The van der Waals surface area contributed by atoms with E-state index in [2.05, 4.69) is 15.9 Å². The Morgan fingerprint density at radius 2 is 1.83 bits per heavy atom. The Balaban J connectivity index is 2.39. The number of hydrogen-bond donors (Lipinski definition) is 0. The molecule has 0 N–H and O–H groups in total. The average molecular weight is 319 g/mol. The molecule has 1 aromatic rings. The molecule has 0 heterocycles. The van der Waals surface area contributed by atoms with Crippen LogP contribution in [0.4, 0.5) is 0 Å². The third-order valence-electron chi connectivity index (χ3n) is 2.34. The molecule has 5 heteroatoms. The molecule has 0 aliphatic heterocycles. The van der Waals surface area contributed by atoms with E-state index < -0.39 is 0 Å². The van der Waals surface area contributed by atoms with Crippen LogP contribution < -0.4 is 9.47 Å². The highest BCUT2D eigenvalue weighted by molar-refractivity contribution is 9.08. The summed E-state index contributed by atoms with van der Waals surface area (Å²) in [7, 11) is 3.29. The fourth-order valence-corrected chi connectivity index (χ4v) is 1.82. The predicted octanol–water partition coefficient (Wildman–Crippen LogP) is 2.63. The number of rotatable bonds is 9. The first-order valence-electron chi connectivity index (χ1n) is 5.74. The Morgan fingerprint density at radius 3 is 2.50 bits per heavy atom. The first-order valence-corrected chi connectivity index (χ1v) is 6.86. The Kier molecular flexibility index (Phi) is 7.80. The van der Waals surface area contributed by atoms with Crippen molar-refractivity contribution in [2.24, 2.45) is 0 Å². The molecular formula is C13H19BrO4. The van der Waals surface area contributed by atoms with Gasteiger partial charge in [-0.1, -0.05) is 22.0 Å². The summed E-state index contributed by atoms with van der Waals surface area (Å²) < 4.78 is 21.1. The molecule has 1 aromatic carbocycles. The van der Waals surface area contributed by atoms with E-state index in [4.69, 9.17) is 18.9 Å². The van der Waals surface area contributed by atoms with Gasteiger partial charge in [-0.25, -0.2) is 0 Å². The van der Waals surface area contributed by atoms with Crippen LogP contribution in [0.3, 0.4) is 0 Å². The number of hydrogen-bond acceptors (Lipinski definition) is 4. The van der Waals surface area contributed by atoms with Gasteiger partial charge in [-0.15, -0.1) is 0 Å². The minimum Gasteiger partial charge on any atom is -0.497 e. The summed E-state index contributed by atoms with van der Waals surface area (Å²) in [5.41, 5.74) is 1.09. The van der Waals surface area contributed by atoms with Crippen LogP contribution in [0.2, 0.25) is 0 Å². The Bertz CT molecular complexity index is 344. The van der Waals surface area contributed by atoms with E-state index >= 15 is 0 Å². The lowest BCUT2D eigenvalue weighted by molar-refractivity contribution is 0.0543. The summed E-state index contributed by atoms with van der Waals surface area (Å²) >= 11 is 3.43. The highest BCUT2D eigenvalue weighted by atomic mass is 79.9. The van der Waals surface area contributed by atoms with Crippen molar-refractivity contribution in [3.05, 3.63) is 23.8 Å². The van der Waals surface area contributed by atoms with Gasteiger partial charge >= 0.3 is 0 Å². The molecule has 0 spiro atoms. The van der Waals surface area contributed by atoms with Crippen LogP contribution in [0, 0.1) is 0 Å². The zero-order chi connectivity index (χ0) is 13.2. The van der Waals surface area contributed by atoms with Crippen LogP contribution in [-0.4, -0.2) is 40.6 Å². The Morgan fingerprint density at radius 1 is 1.06 bits per heavy atom. The summed E-state index contributed by atoms with van der Waals surface area (Å²) in [6.45, 7) is 2.24. The van der Waals surface area contributed by atoms with Gasteiger partial charge in [0, 0.05) is 24.1 Å². The molecule has 18 heavy (non-hydrogen) atoms. The van der Waals surface area contributed by atoms with Crippen LogP contribution >= 0.6 is 15.9 Å². The summed E-state index contributed by atoms with van der Waals surface area (Å²) in [5.74, 6) is 1.61. The topological polar surface area (TPSA) is 36.9 Å². The Labute approximate surface area is 116 Å². The standard InChI is InChI=1S/C13H19BrO4/c1-15-5-6-17-7-8-18-13-9-12(16-2)4-3-11(13)10-14/h3-4,9H,5-8,10H2,1-2H3. The van der Waals surface area contributed by atoms with Crippen molar-refractivity contribution < 1.29 is 18.9 Å². The molecule has 0 unspecified atom stereocenters. The number of methoxy groups -OCH3 is 2. The molecule has 0 aromatic heterocycles. The number of benzene rings is 1. The molecule has 0 bridgehead atoms. The first-order chi connectivity index (χ1) is 8.81. The Hall–Kier alpha value is -0.780. The van der Waals surface area contributed by atoms with Gasteiger partial charge in [0.2, 0.25) is 0 Å². The maximum atomic E-state index is 5.67. The molecule has 0 saturated heterocycles. The molecule has 0 saturated carbocycles. The summed E-state index contributed by atoms with van der Waals surface area (Å²) in [6.07, 6.45) is 0. The van der Waals surface area contributed by atoms with Crippen molar-refractivity contribution in [1.82, 2.24) is 0 Å². The van der Waals surface area contributed by atoms with E-state index in [0.717, 1.165) is 22.4 Å². The van der Waals surface area contributed by atoms with E-state index in [9.17, 15) is 0 Å². The second-order valence-electron chi connectivity index (χ2n) is 3.56. The van der Waals surface area contributed by atoms with Crippen LogP contribution in [-0.2, 0) is 14.8 Å². The minimum absolute atomic E-state index is 0.511. The van der Waals surface area contributed by atoms with Gasteiger partial charge in [0.05, 0.1) is 26.9 Å². The van der Waals surface area contributed by atoms with Crippen LogP contribution in [0.1, 0.15) is 5.56 Å². The summed E-state index contributed by atoms with van der Waals surface area (Å²) in [6, 6.07) is 5.78. The largest absolute Gasteiger partial charge is 0.497 e. The lowest BCUT2D eigenvalue weighted by Gasteiger charge is -2.11. The van der Waals surface area contributed by atoms with Gasteiger partial charge in [-0.2, -0.15) is 0 Å². The molecule has 0 aliphatic carbocycles. The molecular weight excluding hydrogens is 300 g/mol. The molecule has 4 nitrogen and oxygen atoms in total. The first kappa shape index (κ1) is 15.3. The monoisotopic (exact) mass is 318 g/mol. The third-order valence-corrected chi connectivity index (χ3v) is 2.94. The maximum Gasteiger partial charge on any atom is 0.127 e.